The molecule has 0 amide bonds. The van der Waals surface area contributed by atoms with Crippen LogP contribution in [-0.2, 0) is 0 Å². The first-order valence-corrected chi connectivity index (χ1v) is 6.17. The van der Waals surface area contributed by atoms with Crippen molar-refractivity contribution in [2.45, 2.75) is 18.2 Å². The zero-order chi connectivity index (χ0) is 11.8. The molecular weight excluding hydrogens is 241 g/mol. The van der Waals surface area contributed by atoms with Crippen molar-refractivity contribution in [3.63, 3.8) is 0 Å². The van der Waals surface area contributed by atoms with Crippen LogP contribution in [0.3, 0.4) is 0 Å². The van der Waals surface area contributed by atoms with E-state index in [1.165, 1.54) is 12.1 Å². The van der Waals surface area contributed by atoms with Gasteiger partial charge in [0.15, 0.2) is 0 Å². The number of halogens is 2. The lowest BCUT2D eigenvalue weighted by molar-refractivity contribution is 0.341. The van der Waals surface area contributed by atoms with Gasteiger partial charge in [0, 0.05) is 11.9 Å². The third-order valence-electron chi connectivity index (χ3n) is 3.18. The van der Waals surface area contributed by atoms with Crippen molar-refractivity contribution in [3.05, 3.63) is 24.0 Å². The van der Waals surface area contributed by atoms with Crippen LogP contribution in [0.4, 0.5) is 10.3 Å². The fraction of sp³-hybridized carbons (Fsp3) is 0.417. The van der Waals surface area contributed by atoms with E-state index in [0.29, 0.717) is 17.2 Å². The molecule has 1 heterocycles. The molecule has 17 heavy (non-hydrogen) atoms. The van der Waals surface area contributed by atoms with Crippen molar-refractivity contribution < 1.29 is 4.39 Å². The highest BCUT2D eigenvalue weighted by Crippen LogP contribution is 2.31. The Morgan fingerprint density at radius 2 is 2.29 bits per heavy atom. The summed E-state index contributed by atoms with van der Waals surface area (Å²) in [5, 5.41) is 3.57. The van der Waals surface area contributed by atoms with Crippen LogP contribution in [-0.4, -0.2) is 21.9 Å². The van der Waals surface area contributed by atoms with Gasteiger partial charge in [0.25, 0.3) is 0 Å². The third kappa shape index (κ3) is 2.22. The average molecular weight is 254 g/mol. The Bertz CT molecular complexity index is 534. The quantitative estimate of drug-likeness (QED) is 0.825. The fourth-order valence-electron chi connectivity index (χ4n) is 2.13. The molecule has 0 radical (unpaired) electrons. The minimum absolute atomic E-state index is 0.253. The van der Waals surface area contributed by atoms with Gasteiger partial charge >= 0.3 is 0 Å². The Labute approximate surface area is 103 Å². The number of nitrogens with one attached hydrogen (secondary N) is 2. The van der Waals surface area contributed by atoms with Gasteiger partial charge in [-0.25, -0.2) is 9.37 Å². The molecular formula is C12H13ClFN3. The van der Waals surface area contributed by atoms with Crippen molar-refractivity contribution >= 4 is 28.6 Å². The zero-order valence-electron chi connectivity index (χ0n) is 9.21. The summed E-state index contributed by atoms with van der Waals surface area (Å²) in [6, 6.07) is 4.53. The number of aromatic amines is 1. The van der Waals surface area contributed by atoms with Gasteiger partial charge in [-0.1, -0.05) is 0 Å². The number of fused-ring (bicyclic) bond motifs is 1. The van der Waals surface area contributed by atoms with E-state index in [9.17, 15) is 4.39 Å². The predicted octanol–water partition coefficient (Wildman–Crippen LogP) is 3.13. The maximum atomic E-state index is 13.0. The van der Waals surface area contributed by atoms with Gasteiger partial charge < -0.3 is 10.3 Å². The molecule has 5 heteroatoms. The van der Waals surface area contributed by atoms with Crippen molar-refractivity contribution in [1.29, 1.82) is 0 Å². The highest BCUT2D eigenvalue weighted by molar-refractivity contribution is 6.21. The molecule has 0 unspecified atom stereocenters. The number of H-pyrrole nitrogens is 1. The maximum Gasteiger partial charge on any atom is 0.201 e. The minimum Gasteiger partial charge on any atom is -0.356 e. The van der Waals surface area contributed by atoms with E-state index in [1.54, 1.807) is 6.07 Å². The molecule has 1 saturated carbocycles. The van der Waals surface area contributed by atoms with Crippen LogP contribution in [0.25, 0.3) is 11.0 Å². The number of nitrogens with zero attached hydrogens (tertiary/aromatic N) is 1. The van der Waals surface area contributed by atoms with Gasteiger partial charge in [-0.2, -0.15) is 0 Å². The molecule has 1 aromatic heterocycles. The fourth-order valence-corrected chi connectivity index (χ4v) is 2.63. The summed E-state index contributed by atoms with van der Waals surface area (Å²) >= 11 is 5.91. The third-order valence-corrected chi connectivity index (χ3v) is 3.54. The molecule has 3 nitrogen and oxygen atoms in total. The van der Waals surface area contributed by atoms with Crippen molar-refractivity contribution in [1.82, 2.24) is 9.97 Å². The van der Waals surface area contributed by atoms with Crippen LogP contribution >= 0.6 is 11.6 Å². The second kappa shape index (κ2) is 4.18. The lowest BCUT2D eigenvalue weighted by atomic mass is 9.85. The molecule has 0 atom stereocenters. The zero-order valence-corrected chi connectivity index (χ0v) is 9.97. The van der Waals surface area contributed by atoms with Gasteiger partial charge in [-0.3, -0.25) is 0 Å². The first-order valence-electron chi connectivity index (χ1n) is 5.74. The number of alkyl halides is 1. The number of imidazole rings is 1. The predicted molar refractivity (Wildman–Crippen MR) is 66.9 cm³/mol. The summed E-state index contributed by atoms with van der Waals surface area (Å²) in [6.45, 7) is 0.867. The highest BCUT2D eigenvalue weighted by atomic mass is 35.5. The molecule has 1 aliphatic rings. The van der Waals surface area contributed by atoms with Crippen molar-refractivity contribution in [2.24, 2.45) is 5.92 Å². The summed E-state index contributed by atoms with van der Waals surface area (Å²) in [7, 11) is 0. The summed E-state index contributed by atoms with van der Waals surface area (Å²) < 4.78 is 13.0. The smallest absolute Gasteiger partial charge is 0.201 e. The first-order chi connectivity index (χ1) is 8.20. The van der Waals surface area contributed by atoms with Crippen LogP contribution in [0, 0.1) is 11.7 Å². The molecule has 2 N–H and O–H groups in total. The Morgan fingerprint density at radius 1 is 1.47 bits per heavy atom. The molecule has 3 rings (SSSR count). The Hall–Kier alpha value is -1.29. The number of aromatic nitrogens is 2. The van der Waals surface area contributed by atoms with Crippen LogP contribution < -0.4 is 5.32 Å². The normalized spacial score (nSPS) is 23.6. The second-order valence-electron chi connectivity index (χ2n) is 4.56. The minimum atomic E-state index is -0.253. The van der Waals surface area contributed by atoms with Gasteiger partial charge in [0.2, 0.25) is 5.95 Å². The lowest BCUT2D eigenvalue weighted by Gasteiger charge is -2.30. The number of hydrogen-bond acceptors (Lipinski definition) is 2. The maximum absolute atomic E-state index is 13.0. The number of rotatable bonds is 3. The monoisotopic (exact) mass is 253 g/mol. The average Bonchev–Trinajstić information content (AvgIpc) is 2.64. The standard InChI is InChI=1S/C12H13ClFN3/c13-8-3-7(4-8)6-15-12-16-10-2-1-9(14)5-11(10)17-12/h1-2,5,7-8H,3-4,6H2,(H2,15,16,17). The van der Waals surface area contributed by atoms with E-state index in [-0.39, 0.29) is 5.82 Å². The molecule has 1 fully saturated rings. The first kappa shape index (κ1) is 10.8. The Morgan fingerprint density at radius 3 is 3.06 bits per heavy atom. The molecule has 1 aliphatic carbocycles. The van der Waals surface area contributed by atoms with E-state index in [1.807, 2.05) is 0 Å². The van der Waals surface area contributed by atoms with E-state index >= 15 is 0 Å². The molecule has 2 aromatic rings. The summed E-state index contributed by atoms with van der Waals surface area (Å²) in [5.41, 5.74) is 1.49. The number of benzene rings is 1. The van der Waals surface area contributed by atoms with Gasteiger partial charge in [0.05, 0.1) is 11.0 Å². The highest BCUT2D eigenvalue weighted by Gasteiger charge is 2.26. The Kier molecular flexibility index (Phi) is 2.67. The molecule has 0 spiro atoms. The summed E-state index contributed by atoms with van der Waals surface area (Å²) in [4.78, 5) is 7.39. The van der Waals surface area contributed by atoms with Crippen molar-refractivity contribution in [3.8, 4) is 0 Å². The van der Waals surface area contributed by atoms with E-state index in [0.717, 1.165) is 30.4 Å². The van der Waals surface area contributed by atoms with Crippen LogP contribution in [0.2, 0.25) is 0 Å². The van der Waals surface area contributed by atoms with E-state index < -0.39 is 0 Å². The van der Waals surface area contributed by atoms with Gasteiger partial charge in [-0.05, 0) is 37.0 Å². The van der Waals surface area contributed by atoms with Crippen LogP contribution in [0.15, 0.2) is 18.2 Å². The molecule has 0 aliphatic heterocycles. The summed E-state index contributed by atoms with van der Waals surface area (Å²) in [5.74, 6) is 1.07. The van der Waals surface area contributed by atoms with Gasteiger partial charge in [0.1, 0.15) is 5.82 Å². The number of hydrogen-bond donors (Lipinski definition) is 2. The van der Waals surface area contributed by atoms with Crippen LogP contribution in [0.5, 0.6) is 0 Å². The summed E-state index contributed by atoms with van der Waals surface area (Å²) in [6.07, 6.45) is 2.12. The number of anilines is 1. The molecule has 1 aromatic carbocycles. The van der Waals surface area contributed by atoms with Crippen molar-refractivity contribution in [2.75, 3.05) is 11.9 Å². The van der Waals surface area contributed by atoms with E-state index in [2.05, 4.69) is 15.3 Å². The van der Waals surface area contributed by atoms with Gasteiger partial charge in [-0.15, -0.1) is 11.6 Å². The molecule has 0 saturated heterocycles. The Balaban J connectivity index is 1.68. The molecule has 90 valence electrons. The second-order valence-corrected chi connectivity index (χ2v) is 5.18. The molecule has 0 bridgehead atoms. The SMILES string of the molecule is Fc1ccc2nc(NCC3CC(Cl)C3)[nH]c2c1. The topological polar surface area (TPSA) is 40.7 Å². The van der Waals surface area contributed by atoms with E-state index in [4.69, 9.17) is 11.6 Å². The lowest BCUT2D eigenvalue weighted by Crippen LogP contribution is -2.30. The van der Waals surface area contributed by atoms with Crippen LogP contribution in [0.1, 0.15) is 12.8 Å². The largest absolute Gasteiger partial charge is 0.356 e.